The number of fused-ring (bicyclic) bond motifs is 1. The number of halogens is 2. The molecule has 0 unspecified atom stereocenters. The maximum atomic E-state index is 6.11. The Labute approximate surface area is 119 Å². The first-order chi connectivity index (χ1) is 9.24. The predicted molar refractivity (Wildman–Crippen MR) is 75.5 cm³/mol. The summed E-state index contributed by atoms with van der Waals surface area (Å²) in [5.74, 6) is 0.609. The number of rotatable bonds is 3. The molecule has 0 amide bonds. The fourth-order valence-corrected chi connectivity index (χ4v) is 2.18. The minimum absolute atomic E-state index is 0.170. The number of aromatic nitrogens is 4. The van der Waals surface area contributed by atoms with E-state index in [1.54, 1.807) is 18.6 Å². The number of hydrogen-bond donors (Lipinski definition) is 2. The zero-order chi connectivity index (χ0) is 13.2. The Morgan fingerprint density at radius 1 is 1.16 bits per heavy atom. The Morgan fingerprint density at radius 2 is 1.95 bits per heavy atom. The van der Waals surface area contributed by atoms with Crippen molar-refractivity contribution >= 4 is 40.1 Å². The van der Waals surface area contributed by atoms with Crippen molar-refractivity contribution in [3.63, 3.8) is 0 Å². The Balaban J connectivity index is 1.94. The molecule has 0 radical (unpaired) electrons. The van der Waals surface area contributed by atoms with Crippen LogP contribution in [0.1, 0.15) is 5.56 Å². The van der Waals surface area contributed by atoms with Crippen LogP contribution in [0.5, 0.6) is 0 Å². The highest BCUT2D eigenvalue weighted by molar-refractivity contribution is 6.36. The van der Waals surface area contributed by atoms with E-state index in [9.17, 15) is 0 Å². The number of nitrogens with zero attached hydrogens (tertiary/aromatic N) is 3. The summed E-state index contributed by atoms with van der Waals surface area (Å²) in [6.45, 7) is 0.604. The van der Waals surface area contributed by atoms with Crippen molar-refractivity contribution in [3.05, 3.63) is 46.6 Å². The number of pyridine rings is 1. The molecule has 2 N–H and O–H groups in total. The standard InChI is InChI=1S/C12H9Cl2N5/c13-8-6-17-11-9(8)10(18-12(14)19-11)16-5-7-1-3-15-4-2-7/h1-4,6H,5H2,(H2,16,17,18,19). The van der Waals surface area contributed by atoms with Crippen LogP contribution in [0.15, 0.2) is 30.7 Å². The van der Waals surface area contributed by atoms with E-state index in [1.807, 2.05) is 12.1 Å². The average Bonchev–Trinajstić information content (AvgIpc) is 2.79. The third-order valence-electron chi connectivity index (χ3n) is 2.67. The van der Waals surface area contributed by atoms with Gasteiger partial charge in [-0.1, -0.05) is 11.6 Å². The molecule has 0 bridgehead atoms. The second-order valence-electron chi connectivity index (χ2n) is 3.91. The van der Waals surface area contributed by atoms with Gasteiger partial charge < -0.3 is 10.3 Å². The molecule has 0 aliphatic heterocycles. The lowest BCUT2D eigenvalue weighted by molar-refractivity contribution is 1.09. The van der Waals surface area contributed by atoms with Gasteiger partial charge in [-0.05, 0) is 29.3 Å². The van der Waals surface area contributed by atoms with Gasteiger partial charge in [-0.3, -0.25) is 4.98 Å². The van der Waals surface area contributed by atoms with Gasteiger partial charge in [0.2, 0.25) is 5.28 Å². The minimum atomic E-state index is 0.170. The first-order valence-electron chi connectivity index (χ1n) is 5.57. The van der Waals surface area contributed by atoms with E-state index in [4.69, 9.17) is 23.2 Å². The normalized spacial score (nSPS) is 10.8. The van der Waals surface area contributed by atoms with E-state index in [-0.39, 0.29) is 5.28 Å². The summed E-state index contributed by atoms with van der Waals surface area (Å²) in [7, 11) is 0. The molecule has 3 heterocycles. The first kappa shape index (κ1) is 12.2. The van der Waals surface area contributed by atoms with Crippen LogP contribution >= 0.6 is 23.2 Å². The van der Waals surface area contributed by atoms with Crippen LogP contribution in [0.25, 0.3) is 11.0 Å². The Bertz CT molecular complexity index is 711. The predicted octanol–water partition coefficient (Wildman–Crippen LogP) is 3.27. The molecule has 0 spiro atoms. The van der Waals surface area contributed by atoms with Gasteiger partial charge in [-0.25, -0.2) is 0 Å². The molecule has 5 nitrogen and oxygen atoms in total. The lowest BCUT2D eigenvalue weighted by Gasteiger charge is -2.07. The van der Waals surface area contributed by atoms with E-state index < -0.39 is 0 Å². The first-order valence-corrected chi connectivity index (χ1v) is 6.32. The van der Waals surface area contributed by atoms with Gasteiger partial charge in [-0.2, -0.15) is 9.97 Å². The third kappa shape index (κ3) is 2.47. The molecule has 0 aromatic carbocycles. The summed E-state index contributed by atoms with van der Waals surface area (Å²) in [5.41, 5.74) is 1.70. The molecular weight excluding hydrogens is 285 g/mol. The molecule has 19 heavy (non-hydrogen) atoms. The van der Waals surface area contributed by atoms with Crippen LogP contribution in [0, 0.1) is 0 Å². The lowest BCUT2D eigenvalue weighted by Crippen LogP contribution is -2.03. The summed E-state index contributed by atoms with van der Waals surface area (Å²) in [4.78, 5) is 15.2. The number of hydrogen-bond acceptors (Lipinski definition) is 4. The molecule has 0 aliphatic carbocycles. The summed E-state index contributed by atoms with van der Waals surface area (Å²) in [6.07, 6.45) is 5.14. The average molecular weight is 294 g/mol. The quantitative estimate of drug-likeness (QED) is 0.727. The molecule has 0 saturated heterocycles. The van der Waals surface area contributed by atoms with Gasteiger partial charge in [0.25, 0.3) is 0 Å². The highest BCUT2D eigenvalue weighted by Crippen LogP contribution is 2.29. The number of aromatic amines is 1. The van der Waals surface area contributed by atoms with Crippen molar-refractivity contribution < 1.29 is 0 Å². The number of H-pyrrole nitrogens is 1. The molecule has 3 aromatic rings. The van der Waals surface area contributed by atoms with Crippen molar-refractivity contribution in [1.29, 1.82) is 0 Å². The second-order valence-corrected chi connectivity index (χ2v) is 4.66. The highest BCUT2D eigenvalue weighted by atomic mass is 35.5. The molecule has 96 valence electrons. The fourth-order valence-electron chi connectivity index (χ4n) is 1.78. The molecule has 0 atom stereocenters. The molecule has 7 heteroatoms. The van der Waals surface area contributed by atoms with E-state index in [0.29, 0.717) is 23.0 Å². The number of anilines is 1. The van der Waals surface area contributed by atoms with E-state index in [0.717, 1.165) is 10.9 Å². The summed E-state index contributed by atoms with van der Waals surface area (Å²) in [5, 5.41) is 4.67. The molecule has 3 aromatic heterocycles. The van der Waals surface area contributed by atoms with Crippen LogP contribution in [-0.4, -0.2) is 19.9 Å². The summed E-state index contributed by atoms with van der Waals surface area (Å²) >= 11 is 12.0. The van der Waals surface area contributed by atoms with Crippen molar-refractivity contribution in [2.75, 3.05) is 5.32 Å². The second kappa shape index (κ2) is 5.03. The van der Waals surface area contributed by atoms with Crippen molar-refractivity contribution in [2.45, 2.75) is 6.54 Å². The largest absolute Gasteiger partial charge is 0.365 e. The Hall–Kier alpha value is -1.85. The molecule has 0 fully saturated rings. The molecule has 0 aliphatic rings. The van der Waals surface area contributed by atoms with E-state index in [1.165, 1.54) is 0 Å². The summed E-state index contributed by atoms with van der Waals surface area (Å²) in [6, 6.07) is 3.84. The maximum Gasteiger partial charge on any atom is 0.226 e. The zero-order valence-corrected chi connectivity index (χ0v) is 11.2. The third-order valence-corrected chi connectivity index (χ3v) is 3.13. The van der Waals surface area contributed by atoms with Gasteiger partial charge in [-0.15, -0.1) is 0 Å². The van der Waals surface area contributed by atoms with Crippen molar-refractivity contribution in [1.82, 2.24) is 19.9 Å². The SMILES string of the molecule is Clc1nc(NCc2ccncc2)c2c(Cl)c[nH]c2n1. The van der Waals surface area contributed by atoms with Crippen molar-refractivity contribution in [2.24, 2.45) is 0 Å². The van der Waals surface area contributed by atoms with Crippen LogP contribution in [0.4, 0.5) is 5.82 Å². The monoisotopic (exact) mass is 293 g/mol. The summed E-state index contributed by atoms with van der Waals surface area (Å²) < 4.78 is 0. The van der Waals surface area contributed by atoms with Gasteiger partial charge >= 0.3 is 0 Å². The van der Waals surface area contributed by atoms with Crippen LogP contribution in [-0.2, 0) is 6.54 Å². The smallest absolute Gasteiger partial charge is 0.226 e. The number of nitrogens with one attached hydrogen (secondary N) is 2. The highest BCUT2D eigenvalue weighted by Gasteiger charge is 2.11. The van der Waals surface area contributed by atoms with Crippen LogP contribution < -0.4 is 5.32 Å². The molecule has 0 saturated carbocycles. The lowest BCUT2D eigenvalue weighted by atomic mass is 10.2. The maximum absolute atomic E-state index is 6.11. The zero-order valence-electron chi connectivity index (χ0n) is 9.69. The van der Waals surface area contributed by atoms with Crippen molar-refractivity contribution in [3.8, 4) is 0 Å². The van der Waals surface area contributed by atoms with E-state index >= 15 is 0 Å². The van der Waals surface area contributed by atoms with Gasteiger partial charge in [0.1, 0.15) is 11.5 Å². The fraction of sp³-hybridized carbons (Fsp3) is 0.0833. The van der Waals surface area contributed by atoms with Crippen LogP contribution in [0.2, 0.25) is 10.3 Å². The van der Waals surface area contributed by atoms with Crippen LogP contribution in [0.3, 0.4) is 0 Å². The molecule has 3 rings (SSSR count). The minimum Gasteiger partial charge on any atom is -0.365 e. The van der Waals surface area contributed by atoms with Gasteiger partial charge in [0.05, 0.1) is 10.4 Å². The van der Waals surface area contributed by atoms with Gasteiger partial charge in [0.15, 0.2) is 0 Å². The van der Waals surface area contributed by atoms with Gasteiger partial charge in [0, 0.05) is 25.1 Å². The topological polar surface area (TPSA) is 66.5 Å². The molecular formula is C12H9Cl2N5. The Morgan fingerprint density at radius 3 is 2.74 bits per heavy atom. The Kier molecular flexibility index (Phi) is 3.23. The van der Waals surface area contributed by atoms with E-state index in [2.05, 4.69) is 25.3 Å².